The average molecular weight is 287 g/mol. The Morgan fingerprint density at radius 1 is 1.19 bits per heavy atom. The van der Waals surface area contributed by atoms with E-state index in [1.807, 2.05) is 6.92 Å². The molecule has 2 aromatic rings. The Labute approximate surface area is 123 Å². The number of aryl methyl sites for hydroxylation is 1. The molecular formula is C16H17NO4. The van der Waals surface area contributed by atoms with Crippen molar-refractivity contribution in [3.05, 3.63) is 48.0 Å². The minimum absolute atomic E-state index is 0.0322. The summed E-state index contributed by atoms with van der Waals surface area (Å²) in [5, 5.41) is 12.3. The van der Waals surface area contributed by atoms with E-state index in [9.17, 15) is 9.90 Å². The van der Waals surface area contributed by atoms with Crippen LogP contribution in [0.4, 0.5) is 5.69 Å². The molecule has 0 aliphatic carbocycles. The van der Waals surface area contributed by atoms with E-state index >= 15 is 0 Å². The number of nitrogens with one attached hydrogen (secondary N) is 1. The van der Waals surface area contributed by atoms with Gasteiger partial charge in [-0.3, -0.25) is 4.79 Å². The van der Waals surface area contributed by atoms with E-state index in [1.165, 1.54) is 0 Å². The Balaban J connectivity index is 1.92. The lowest BCUT2D eigenvalue weighted by Crippen LogP contribution is -2.20. The Morgan fingerprint density at radius 2 is 1.95 bits per heavy atom. The summed E-state index contributed by atoms with van der Waals surface area (Å²) in [6.45, 7) is 1.71. The van der Waals surface area contributed by atoms with Gasteiger partial charge in [-0.05, 0) is 36.8 Å². The van der Waals surface area contributed by atoms with Gasteiger partial charge in [0.1, 0.15) is 17.2 Å². The zero-order valence-electron chi connectivity index (χ0n) is 11.9. The van der Waals surface area contributed by atoms with Crippen molar-refractivity contribution in [1.82, 2.24) is 0 Å². The van der Waals surface area contributed by atoms with Gasteiger partial charge < -0.3 is 19.9 Å². The SMILES string of the molecule is COc1cccc(OCC(=O)Nc2ccc(C)cc2O)c1. The maximum atomic E-state index is 11.8. The van der Waals surface area contributed by atoms with Crippen LogP contribution in [0.3, 0.4) is 0 Å². The van der Waals surface area contributed by atoms with Crippen LogP contribution in [0.25, 0.3) is 0 Å². The monoisotopic (exact) mass is 287 g/mol. The van der Waals surface area contributed by atoms with Gasteiger partial charge in [0.15, 0.2) is 6.61 Å². The predicted octanol–water partition coefficient (Wildman–Crippen LogP) is 2.73. The standard InChI is InChI=1S/C16H17NO4/c1-11-6-7-14(15(18)8-11)17-16(19)10-21-13-5-3-4-12(9-13)20-2/h3-9,18H,10H2,1-2H3,(H,17,19). The fourth-order valence-corrected chi connectivity index (χ4v) is 1.77. The van der Waals surface area contributed by atoms with E-state index in [1.54, 1.807) is 49.6 Å². The quantitative estimate of drug-likeness (QED) is 0.830. The Kier molecular flexibility index (Phi) is 4.66. The number of carbonyl (C=O) groups is 1. The molecule has 2 N–H and O–H groups in total. The lowest BCUT2D eigenvalue weighted by atomic mass is 10.2. The van der Waals surface area contributed by atoms with Crippen LogP contribution in [0.1, 0.15) is 5.56 Å². The minimum Gasteiger partial charge on any atom is -0.506 e. The molecule has 0 atom stereocenters. The van der Waals surface area contributed by atoms with E-state index in [0.29, 0.717) is 17.2 Å². The maximum Gasteiger partial charge on any atom is 0.262 e. The highest BCUT2D eigenvalue weighted by Crippen LogP contribution is 2.24. The van der Waals surface area contributed by atoms with Gasteiger partial charge in [-0.15, -0.1) is 0 Å². The lowest BCUT2D eigenvalue weighted by Gasteiger charge is -2.10. The second-order valence-electron chi connectivity index (χ2n) is 4.54. The van der Waals surface area contributed by atoms with Gasteiger partial charge >= 0.3 is 0 Å². The van der Waals surface area contributed by atoms with Crippen LogP contribution < -0.4 is 14.8 Å². The molecule has 2 aromatic carbocycles. The third-order valence-corrected chi connectivity index (χ3v) is 2.84. The highest BCUT2D eigenvalue weighted by Gasteiger charge is 2.07. The van der Waals surface area contributed by atoms with Gasteiger partial charge in [-0.25, -0.2) is 0 Å². The van der Waals surface area contributed by atoms with Crippen molar-refractivity contribution in [1.29, 1.82) is 0 Å². The molecule has 0 spiro atoms. The summed E-state index contributed by atoms with van der Waals surface area (Å²) in [5.74, 6) is 0.878. The summed E-state index contributed by atoms with van der Waals surface area (Å²) in [7, 11) is 1.56. The van der Waals surface area contributed by atoms with Crippen LogP contribution >= 0.6 is 0 Å². The van der Waals surface area contributed by atoms with Crippen LogP contribution in [0.15, 0.2) is 42.5 Å². The number of hydrogen-bond donors (Lipinski definition) is 2. The molecule has 0 aliphatic rings. The van der Waals surface area contributed by atoms with Crippen LogP contribution in [0.5, 0.6) is 17.2 Å². The van der Waals surface area contributed by atoms with Gasteiger partial charge in [0.2, 0.25) is 0 Å². The van der Waals surface area contributed by atoms with Crippen molar-refractivity contribution in [2.45, 2.75) is 6.92 Å². The molecule has 0 fully saturated rings. The number of benzene rings is 2. The summed E-state index contributed by atoms with van der Waals surface area (Å²) >= 11 is 0. The first-order valence-electron chi connectivity index (χ1n) is 6.45. The van der Waals surface area contributed by atoms with Crippen LogP contribution in [-0.4, -0.2) is 24.7 Å². The van der Waals surface area contributed by atoms with Gasteiger partial charge in [0, 0.05) is 6.07 Å². The highest BCUT2D eigenvalue weighted by molar-refractivity contribution is 5.93. The number of phenols is 1. The molecule has 21 heavy (non-hydrogen) atoms. The third-order valence-electron chi connectivity index (χ3n) is 2.84. The summed E-state index contributed by atoms with van der Waals surface area (Å²) in [4.78, 5) is 11.8. The van der Waals surface area contributed by atoms with Crippen LogP contribution in [0, 0.1) is 6.92 Å². The van der Waals surface area contributed by atoms with Crippen LogP contribution in [0.2, 0.25) is 0 Å². The largest absolute Gasteiger partial charge is 0.506 e. The fourth-order valence-electron chi connectivity index (χ4n) is 1.77. The number of carbonyl (C=O) groups excluding carboxylic acids is 1. The molecule has 0 aliphatic heterocycles. The van der Waals surface area contributed by atoms with Crippen molar-refractivity contribution in [2.24, 2.45) is 0 Å². The molecule has 1 amide bonds. The second-order valence-corrected chi connectivity index (χ2v) is 4.54. The number of methoxy groups -OCH3 is 1. The number of hydrogen-bond acceptors (Lipinski definition) is 4. The summed E-state index contributed by atoms with van der Waals surface area (Å²) in [5.41, 5.74) is 1.28. The smallest absolute Gasteiger partial charge is 0.262 e. The summed E-state index contributed by atoms with van der Waals surface area (Å²) in [6.07, 6.45) is 0. The van der Waals surface area contributed by atoms with E-state index in [2.05, 4.69) is 5.32 Å². The summed E-state index contributed by atoms with van der Waals surface area (Å²) < 4.78 is 10.4. The normalized spacial score (nSPS) is 10.0. The molecule has 0 saturated heterocycles. The fraction of sp³-hybridized carbons (Fsp3) is 0.188. The molecule has 0 heterocycles. The van der Waals surface area contributed by atoms with Gasteiger partial charge in [0.05, 0.1) is 12.8 Å². The van der Waals surface area contributed by atoms with E-state index < -0.39 is 0 Å². The highest BCUT2D eigenvalue weighted by atomic mass is 16.5. The zero-order chi connectivity index (χ0) is 15.2. The third kappa shape index (κ3) is 4.14. The van der Waals surface area contributed by atoms with Crippen LogP contribution in [-0.2, 0) is 4.79 Å². The average Bonchev–Trinajstić information content (AvgIpc) is 2.48. The number of amides is 1. The van der Waals surface area contributed by atoms with E-state index in [0.717, 1.165) is 5.56 Å². The Hall–Kier alpha value is -2.69. The van der Waals surface area contributed by atoms with Crippen molar-refractivity contribution < 1.29 is 19.4 Å². The molecule has 5 heteroatoms. The van der Waals surface area contributed by atoms with E-state index in [4.69, 9.17) is 9.47 Å². The first-order chi connectivity index (χ1) is 10.1. The van der Waals surface area contributed by atoms with Gasteiger partial charge in [0.25, 0.3) is 5.91 Å². The first kappa shape index (κ1) is 14.7. The number of rotatable bonds is 5. The Bertz CT molecular complexity index is 640. The molecule has 0 bridgehead atoms. The van der Waals surface area contributed by atoms with Crippen molar-refractivity contribution in [2.75, 3.05) is 19.0 Å². The van der Waals surface area contributed by atoms with Gasteiger partial charge in [-0.1, -0.05) is 12.1 Å². The summed E-state index contributed by atoms with van der Waals surface area (Å²) in [6, 6.07) is 12.0. The molecule has 5 nitrogen and oxygen atoms in total. The predicted molar refractivity (Wildman–Crippen MR) is 80.0 cm³/mol. The number of ether oxygens (including phenoxy) is 2. The lowest BCUT2D eigenvalue weighted by molar-refractivity contribution is -0.118. The Morgan fingerprint density at radius 3 is 2.67 bits per heavy atom. The number of phenolic OH excluding ortho intramolecular Hbond substituents is 1. The molecule has 0 saturated carbocycles. The molecule has 110 valence electrons. The molecule has 0 aromatic heterocycles. The second kappa shape index (κ2) is 6.65. The van der Waals surface area contributed by atoms with Crippen molar-refractivity contribution >= 4 is 11.6 Å². The van der Waals surface area contributed by atoms with E-state index in [-0.39, 0.29) is 18.3 Å². The molecule has 2 rings (SSSR count). The van der Waals surface area contributed by atoms with Gasteiger partial charge in [-0.2, -0.15) is 0 Å². The topological polar surface area (TPSA) is 67.8 Å². The molecule has 0 unspecified atom stereocenters. The first-order valence-corrected chi connectivity index (χ1v) is 6.45. The number of aromatic hydroxyl groups is 1. The molecular weight excluding hydrogens is 270 g/mol. The molecule has 0 radical (unpaired) electrons. The van der Waals surface area contributed by atoms with Crippen molar-refractivity contribution in [3.8, 4) is 17.2 Å². The number of anilines is 1. The zero-order valence-corrected chi connectivity index (χ0v) is 11.9. The maximum absolute atomic E-state index is 11.8. The van der Waals surface area contributed by atoms with Crippen molar-refractivity contribution in [3.63, 3.8) is 0 Å². The minimum atomic E-state index is -0.350.